The first-order valence-corrected chi connectivity index (χ1v) is 14.2. The van der Waals surface area contributed by atoms with Crippen LogP contribution in [0.25, 0.3) is 0 Å². The van der Waals surface area contributed by atoms with Gasteiger partial charge in [0.2, 0.25) is 5.91 Å². The van der Waals surface area contributed by atoms with Crippen molar-refractivity contribution in [2.45, 2.75) is 39.2 Å². The van der Waals surface area contributed by atoms with Gasteiger partial charge in [-0.3, -0.25) is 14.5 Å². The summed E-state index contributed by atoms with van der Waals surface area (Å²) in [6, 6.07) is 5.76. The molecule has 2 aromatic rings. The number of nitrogens with zero attached hydrogens (tertiary/aromatic N) is 5. The number of amidine groups is 1. The number of methoxy groups -OCH3 is 1. The van der Waals surface area contributed by atoms with Crippen LogP contribution in [0.5, 0.6) is 5.75 Å². The first-order chi connectivity index (χ1) is 22.5. The number of piperazine rings is 1. The van der Waals surface area contributed by atoms with Crippen LogP contribution in [0.2, 0.25) is 0 Å². The molecule has 0 atom stereocenters. The quantitative estimate of drug-likeness (QED) is 0.129. The highest BCUT2D eigenvalue weighted by Crippen LogP contribution is 2.34. The van der Waals surface area contributed by atoms with Crippen LogP contribution in [0, 0.1) is 5.92 Å². The van der Waals surface area contributed by atoms with E-state index >= 15 is 0 Å². The minimum Gasteiger partial charge on any atom is -0.494 e. The Morgan fingerprint density at radius 1 is 1.11 bits per heavy atom. The van der Waals surface area contributed by atoms with Gasteiger partial charge in [-0.1, -0.05) is 11.2 Å². The second kappa shape index (κ2) is 14.2. The van der Waals surface area contributed by atoms with E-state index in [0.29, 0.717) is 26.2 Å². The van der Waals surface area contributed by atoms with Gasteiger partial charge in [0.15, 0.2) is 23.1 Å². The lowest BCUT2D eigenvalue weighted by Crippen LogP contribution is -2.51. The minimum atomic E-state index is -2.81. The van der Waals surface area contributed by atoms with Gasteiger partial charge < -0.3 is 40.9 Å². The maximum absolute atomic E-state index is 13.1. The lowest BCUT2D eigenvalue weighted by molar-refractivity contribution is -0.117. The summed E-state index contributed by atoms with van der Waals surface area (Å²) in [5.74, 6) is -2.33. The van der Waals surface area contributed by atoms with Crippen molar-refractivity contribution in [2.24, 2.45) is 16.8 Å². The number of hydrogen-bond acceptors (Lipinski definition) is 12. The molecule has 242 valence electrons. The van der Waals surface area contributed by atoms with Crippen LogP contribution in [0.4, 0.5) is 22.0 Å². The predicted molar refractivity (Wildman–Crippen MR) is 164 cm³/mol. The number of nitrogens with two attached hydrogens (primary N) is 1. The third-order valence-corrected chi connectivity index (χ3v) is 6.69. The monoisotopic (exact) mass is 628 g/mol. The summed E-state index contributed by atoms with van der Waals surface area (Å²) in [4.78, 5) is 59.1. The van der Waals surface area contributed by atoms with Crippen LogP contribution in [0.1, 0.15) is 58.6 Å². The molecule has 1 saturated carbocycles. The van der Waals surface area contributed by atoms with Crippen molar-refractivity contribution >= 4 is 46.9 Å². The summed E-state index contributed by atoms with van der Waals surface area (Å²) in [7, 11) is 1.31. The molecule has 4 rings (SSSR count). The Balaban J connectivity index is 1.45. The number of carbonyl (C=O) groups is 4. The predicted octanol–water partition coefficient (Wildman–Crippen LogP) is 1.92. The van der Waals surface area contributed by atoms with Crippen LogP contribution >= 0.6 is 0 Å². The van der Waals surface area contributed by atoms with E-state index in [1.54, 1.807) is 25.7 Å². The second-order valence-electron chi connectivity index (χ2n) is 11.4. The molecule has 3 amide bonds. The van der Waals surface area contributed by atoms with Crippen LogP contribution in [-0.4, -0.2) is 102 Å². The number of ether oxygens (including phenoxy) is 2. The fourth-order valence-electron chi connectivity index (χ4n) is 4.33. The van der Waals surface area contributed by atoms with Gasteiger partial charge in [0, 0.05) is 49.3 Å². The van der Waals surface area contributed by atoms with Gasteiger partial charge in [-0.25, -0.2) is 9.59 Å². The zero-order chi connectivity index (χ0) is 35.2. The molecule has 1 aliphatic carbocycles. The van der Waals surface area contributed by atoms with E-state index in [4.69, 9.17) is 24.2 Å². The lowest BCUT2D eigenvalue weighted by atomic mass is 10.1. The van der Waals surface area contributed by atoms with E-state index in [-0.39, 0.29) is 58.8 Å². The Morgan fingerprint density at radius 2 is 1.84 bits per heavy atom. The first kappa shape index (κ1) is 28.8. The van der Waals surface area contributed by atoms with E-state index in [1.165, 1.54) is 31.4 Å². The van der Waals surface area contributed by atoms with Crippen molar-refractivity contribution in [2.75, 3.05) is 57.4 Å². The van der Waals surface area contributed by atoms with Gasteiger partial charge in [0.05, 0.1) is 25.0 Å². The Bertz CT molecular complexity index is 1570. The largest absolute Gasteiger partial charge is 0.494 e. The summed E-state index contributed by atoms with van der Waals surface area (Å²) < 4.78 is 33.1. The number of para-hydroxylation sites is 1. The van der Waals surface area contributed by atoms with Gasteiger partial charge in [-0.2, -0.15) is 0 Å². The van der Waals surface area contributed by atoms with Crippen molar-refractivity contribution in [3.05, 3.63) is 35.5 Å². The van der Waals surface area contributed by atoms with E-state index in [9.17, 15) is 19.2 Å². The van der Waals surface area contributed by atoms with E-state index in [0.717, 1.165) is 12.8 Å². The number of oxime groups is 1. The van der Waals surface area contributed by atoms with Crippen LogP contribution < -0.4 is 26.4 Å². The molecule has 5 N–H and O–H groups in total. The van der Waals surface area contributed by atoms with Crippen molar-refractivity contribution < 1.29 is 37.6 Å². The SMILES string of the molecule is [2H]C([2H])([2H])NC(=O)c1nnc(NC(=O)C2CC2)cc1Nc1cccc(C(=O)ON=C(N)CN2CCN(C(=O)OC(C)(C)C)CC2)c1OC. The molecule has 0 bridgehead atoms. The number of carbonyl (C=O) groups excluding carboxylic acids is 4. The molecule has 0 radical (unpaired) electrons. The van der Waals surface area contributed by atoms with Crippen molar-refractivity contribution in [3.8, 4) is 5.75 Å². The third kappa shape index (κ3) is 9.01. The Labute approximate surface area is 264 Å². The molecule has 45 heavy (non-hydrogen) atoms. The zero-order valence-electron chi connectivity index (χ0n) is 28.5. The summed E-state index contributed by atoms with van der Waals surface area (Å²) in [6.07, 6.45) is 1.09. The number of rotatable bonds is 10. The second-order valence-corrected chi connectivity index (χ2v) is 11.4. The summed E-state index contributed by atoms with van der Waals surface area (Å²) in [5, 5.41) is 18.9. The molecular weight excluding hydrogens is 586 g/mol. The highest BCUT2D eigenvalue weighted by Gasteiger charge is 2.30. The first-order valence-electron chi connectivity index (χ1n) is 15.7. The molecule has 1 saturated heterocycles. The number of hydrogen-bond donors (Lipinski definition) is 4. The van der Waals surface area contributed by atoms with Crippen molar-refractivity contribution in [1.82, 2.24) is 25.3 Å². The molecule has 16 nitrogen and oxygen atoms in total. The molecule has 0 unspecified atom stereocenters. The smallest absolute Gasteiger partial charge is 0.410 e. The van der Waals surface area contributed by atoms with Gasteiger partial charge >= 0.3 is 12.1 Å². The van der Waals surface area contributed by atoms with Gasteiger partial charge in [-0.05, 0) is 45.7 Å². The molecule has 2 heterocycles. The average Bonchev–Trinajstić information content (AvgIpc) is 3.84. The molecule has 2 aliphatic rings. The molecule has 1 aromatic heterocycles. The highest BCUT2D eigenvalue weighted by atomic mass is 16.7. The van der Waals surface area contributed by atoms with Crippen molar-refractivity contribution in [1.29, 1.82) is 0 Å². The van der Waals surface area contributed by atoms with E-state index in [2.05, 4.69) is 26.0 Å². The molecule has 16 heteroatoms. The van der Waals surface area contributed by atoms with Gasteiger partial charge in [0.1, 0.15) is 11.2 Å². The van der Waals surface area contributed by atoms with E-state index < -0.39 is 30.1 Å². The molecule has 0 spiro atoms. The molecule has 2 fully saturated rings. The molecular formula is C29H39N9O7. The number of nitrogens with one attached hydrogen (secondary N) is 3. The van der Waals surface area contributed by atoms with Crippen LogP contribution in [-0.2, 0) is 14.4 Å². The van der Waals surface area contributed by atoms with Gasteiger partial charge in [0.25, 0.3) is 5.91 Å². The molecule has 1 aliphatic heterocycles. The fraction of sp³-hybridized carbons (Fsp3) is 0.483. The summed E-state index contributed by atoms with van der Waals surface area (Å²) in [5.41, 5.74) is 5.13. The number of anilines is 3. The summed E-state index contributed by atoms with van der Waals surface area (Å²) in [6.45, 7) is 4.65. The van der Waals surface area contributed by atoms with Crippen molar-refractivity contribution in [3.63, 3.8) is 0 Å². The van der Waals surface area contributed by atoms with Gasteiger partial charge in [-0.15, -0.1) is 10.2 Å². The Hall–Kier alpha value is -4.99. The lowest BCUT2D eigenvalue weighted by Gasteiger charge is -2.35. The topological polar surface area (TPSA) is 203 Å². The third-order valence-electron chi connectivity index (χ3n) is 6.69. The highest BCUT2D eigenvalue weighted by molar-refractivity contribution is 6.01. The Morgan fingerprint density at radius 3 is 2.49 bits per heavy atom. The minimum absolute atomic E-state index is 0.00269. The van der Waals surface area contributed by atoms with Crippen LogP contribution in [0.15, 0.2) is 29.4 Å². The fourth-order valence-corrected chi connectivity index (χ4v) is 4.33. The number of benzene rings is 1. The number of amides is 3. The van der Waals surface area contributed by atoms with E-state index in [1.807, 2.05) is 10.2 Å². The maximum Gasteiger partial charge on any atom is 0.410 e. The number of aromatic nitrogens is 2. The zero-order valence-corrected chi connectivity index (χ0v) is 25.5. The average molecular weight is 629 g/mol. The standard InChI is InChI=1S/C29H39N9O7/c1-29(2,3)44-28(42)38-13-11-37(12-14-38)16-21(30)36-45-27(41)18-7-6-8-19(24(18)43-5)32-20-15-22(33-25(39)17-9-10-17)34-35-23(20)26(40)31-4/h6-8,15,17H,9-14,16H2,1-5H3,(H2,30,36)(H,31,40)(H2,32,33,34,39)/i4D3. The normalized spacial score (nSPS) is 16.8. The molecule has 1 aromatic carbocycles. The maximum atomic E-state index is 13.1. The summed E-state index contributed by atoms with van der Waals surface area (Å²) >= 11 is 0. The Kier molecular flexibility index (Phi) is 9.07. The van der Waals surface area contributed by atoms with Crippen LogP contribution in [0.3, 0.4) is 0 Å².